The maximum Gasteiger partial charge on any atom is 0.573 e. The second kappa shape index (κ2) is 14.0. The molecule has 218 valence electrons. The van der Waals surface area contributed by atoms with Gasteiger partial charge >= 0.3 is 12.4 Å². The van der Waals surface area contributed by atoms with E-state index in [1.807, 2.05) is 44.1 Å². The molecule has 0 fully saturated rings. The van der Waals surface area contributed by atoms with Crippen LogP contribution in [0.3, 0.4) is 0 Å². The van der Waals surface area contributed by atoms with Crippen LogP contribution in [0.25, 0.3) is 5.69 Å². The van der Waals surface area contributed by atoms with Gasteiger partial charge in [-0.3, -0.25) is 5.32 Å². The zero-order valence-electron chi connectivity index (χ0n) is 22.8. The highest BCUT2D eigenvalue weighted by atomic mass is 19.4. The third-order valence-corrected chi connectivity index (χ3v) is 5.94. The average molecular weight is 566 g/mol. The van der Waals surface area contributed by atoms with E-state index in [1.54, 1.807) is 19.1 Å². The molecule has 1 heterocycles. The zero-order chi connectivity index (χ0) is 29.3. The molecule has 40 heavy (non-hydrogen) atoms. The number of rotatable bonds is 13. The second-order valence-electron chi connectivity index (χ2n) is 9.07. The van der Waals surface area contributed by atoms with E-state index in [-0.39, 0.29) is 31.4 Å². The molecule has 3 N–H and O–H groups in total. The number of amides is 2. The number of urea groups is 1. The molecule has 0 aliphatic rings. The Morgan fingerprint density at radius 2 is 1.88 bits per heavy atom. The van der Waals surface area contributed by atoms with Crippen molar-refractivity contribution >= 4 is 11.8 Å². The van der Waals surface area contributed by atoms with Crippen LogP contribution in [-0.2, 0) is 17.9 Å². The van der Waals surface area contributed by atoms with Crippen molar-refractivity contribution in [2.24, 2.45) is 0 Å². The molecule has 3 rings (SSSR count). The third-order valence-electron chi connectivity index (χ3n) is 5.94. The number of likely N-dealkylation sites (N-methyl/N-ethyl adjacent to an activating group) is 1. The van der Waals surface area contributed by atoms with E-state index >= 15 is 0 Å². The molecule has 0 aliphatic heterocycles. The topological polar surface area (TPSA) is 110 Å². The van der Waals surface area contributed by atoms with Crippen molar-refractivity contribution < 1.29 is 37.3 Å². The molecular weight excluding hydrogens is 531 g/mol. The number of carbonyl (C=O) groups excluding carboxylic acids is 1. The molecule has 0 saturated carbocycles. The number of benzene rings is 2. The number of anilines is 1. The molecule has 1 atom stereocenters. The lowest BCUT2D eigenvalue weighted by atomic mass is 10.1. The molecule has 2 amide bonds. The summed E-state index contributed by atoms with van der Waals surface area (Å²) in [6.45, 7) is 4.29. The molecule has 0 aliphatic carbocycles. The average Bonchev–Trinajstić information content (AvgIpc) is 3.22. The Bertz CT molecular complexity index is 1250. The molecular formula is C27H34F3N5O5. The Morgan fingerprint density at radius 1 is 1.15 bits per heavy atom. The highest BCUT2D eigenvalue weighted by molar-refractivity contribution is 5.89. The summed E-state index contributed by atoms with van der Waals surface area (Å²) in [6, 6.07) is 12.1. The minimum atomic E-state index is -4.91. The number of para-hydroxylation sites is 1. The molecule has 1 aromatic heterocycles. The van der Waals surface area contributed by atoms with E-state index in [0.717, 1.165) is 6.07 Å². The second-order valence-corrected chi connectivity index (χ2v) is 9.07. The van der Waals surface area contributed by atoms with Crippen LogP contribution in [0.5, 0.6) is 11.6 Å². The van der Waals surface area contributed by atoms with Gasteiger partial charge in [0.25, 0.3) is 0 Å². The molecule has 3 aromatic rings. The highest BCUT2D eigenvalue weighted by Crippen LogP contribution is 2.30. The highest BCUT2D eigenvalue weighted by Gasteiger charge is 2.32. The standard InChI is InChI=1S/C27H34F3N5O5/c1-5-38-16-22(34(3)4)17-39-25-18(2)24(35(33-25)21-9-7-6-8-10-21)32-26(37)31-14-20-13-19(15-36)11-12-23(20)40-27(28,29)30/h6-13,22,36H,5,14-17H2,1-4H3,(H2,31,32,37)/t22-/m0/s1. The Kier molecular flexibility index (Phi) is 10.8. The van der Waals surface area contributed by atoms with Gasteiger partial charge in [0.05, 0.1) is 30.5 Å². The lowest BCUT2D eigenvalue weighted by molar-refractivity contribution is -0.274. The van der Waals surface area contributed by atoms with Crippen LogP contribution in [0.4, 0.5) is 23.8 Å². The largest absolute Gasteiger partial charge is 0.573 e. The fourth-order valence-electron chi connectivity index (χ4n) is 3.71. The summed E-state index contributed by atoms with van der Waals surface area (Å²) in [4.78, 5) is 14.9. The number of nitrogens with zero attached hydrogens (tertiary/aromatic N) is 3. The molecule has 13 heteroatoms. The van der Waals surface area contributed by atoms with Crippen molar-refractivity contribution in [2.75, 3.05) is 39.2 Å². The predicted molar refractivity (Wildman–Crippen MR) is 143 cm³/mol. The number of hydrogen-bond donors (Lipinski definition) is 3. The van der Waals surface area contributed by atoms with Crippen LogP contribution in [0.1, 0.15) is 23.6 Å². The molecule has 0 radical (unpaired) electrons. The van der Waals surface area contributed by atoms with Crippen molar-refractivity contribution in [2.45, 2.75) is 39.4 Å². The first-order valence-corrected chi connectivity index (χ1v) is 12.6. The van der Waals surface area contributed by atoms with Crippen molar-refractivity contribution in [3.63, 3.8) is 0 Å². The first-order valence-electron chi connectivity index (χ1n) is 12.6. The van der Waals surface area contributed by atoms with E-state index in [9.17, 15) is 23.1 Å². The first-order chi connectivity index (χ1) is 19.0. The van der Waals surface area contributed by atoms with Crippen LogP contribution in [-0.4, -0.2) is 72.1 Å². The Hall–Kier alpha value is -3.81. The van der Waals surface area contributed by atoms with Crippen molar-refractivity contribution in [1.29, 1.82) is 0 Å². The summed E-state index contributed by atoms with van der Waals surface area (Å²) in [5.41, 5.74) is 1.62. The van der Waals surface area contributed by atoms with Gasteiger partial charge in [0.1, 0.15) is 18.2 Å². The number of aliphatic hydroxyl groups excluding tert-OH is 1. The minimum absolute atomic E-state index is 0.0382. The smallest absolute Gasteiger partial charge is 0.475 e. The summed E-state index contributed by atoms with van der Waals surface area (Å²) in [7, 11) is 3.84. The van der Waals surface area contributed by atoms with Crippen molar-refractivity contribution in [3.05, 3.63) is 65.2 Å². The summed E-state index contributed by atoms with van der Waals surface area (Å²) >= 11 is 0. The number of halogens is 3. The quantitative estimate of drug-likeness (QED) is 0.284. The Morgan fingerprint density at radius 3 is 2.50 bits per heavy atom. The van der Waals surface area contributed by atoms with E-state index in [4.69, 9.17) is 9.47 Å². The van der Waals surface area contributed by atoms with Crippen LogP contribution in [0.2, 0.25) is 0 Å². The monoisotopic (exact) mass is 565 g/mol. The number of nitrogens with one attached hydrogen (secondary N) is 2. The van der Waals surface area contributed by atoms with Crippen LogP contribution in [0, 0.1) is 6.92 Å². The lowest BCUT2D eigenvalue weighted by Gasteiger charge is -2.23. The normalized spacial score (nSPS) is 12.3. The fourth-order valence-corrected chi connectivity index (χ4v) is 3.71. The Balaban J connectivity index is 1.81. The number of alkyl halides is 3. The summed E-state index contributed by atoms with van der Waals surface area (Å²) in [6.07, 6.45) is -4.91. The Labute approximate surface area is 230 Å². The molecule has 0 spiro atoms. The number of aromatic nitrogens is 2. The third kappa shape index (κ3) is 8.60. The van der Waals surface area contributed by atoms with Gasteiger partial charge < -0.3 is 29.5 Å². The number of hydrogen-bond acceptors (Lipinski definition) is 7. The van der Waals surface area contributed by atoms with Gasteiger partial charge in [0.15, 0.2) is 0 Å². The van der Waals surface area contributed by atoms with Gasteiger partial charge in [-0.15, -0.1) is 18.3 Å². The van der Waals surface area contributed by atoms with Gasteiger partial charge in [-0.05, 0) is 57.8 Å². The number of ether oxygens (including phenoxy) is 3. The van der Waals surface area contributed by atoms with Crippen molar-refractivity contribution in [3.8, 4) is 17.3 Å². The molecule has 10 nitrogen and oxygen atoms in total. The van der Waals surface area contributed by atoms with E-state index < -0.39 is 18.1 Å². The summed E-state index contributed by atoms with van der Waals surface area (Å²) in [5, 5.41) is 19.2. The van der Waals surface area contributed by atoms with Gasteiger partial charge in [-0.25, -0.2) is 9.48 Å². The number of aliphatic hydroxyl groups is 1. The molecule has 0 bridgehead atoms. The number of carbonyl (C=O) groups is 1. The predicted octanol–water partition coefficient (Wildman–Crippen LogP) is 4.24. The van der Waals surface area contributed by atoms with Gasteiger partial charge in [-0.2, -0.15) is 0 Å². The van der Waals surface area contributed by atoms with Crippen LogP contribution >= 0.6 is 0 Å². The minimum Gasteiger partial charge on any atom is -0.475 e. The van der Waals surface area contributed by atoms with E-state index in [1.165, 1.54) is 16.8 Å². The molecule has 0 unspecified atom stereocenters. The van der Waals surface area contributed by atoms with Gasteiger partial charge in [0, 0.05) is 18.7 Å². The van der Waals surface area contributed by atoms with Crippen molar-refractivity contribution in [1.82, 2.24) is 20.0 Å². The van der Waals surface area contributed by atoms with Crippen LogP contribution in [0.15, 0.2) is 48.5 Å². The maximum absolute atomic E-state index is 12.9. The maximum atomic E-state index is 12.9. The lowest BCUT2D eigenvalue weighted by Crippen LogP contribution is -2.37. The van der Waals surface area contributed by atoms with Gasteiger partial charge in [0.2, 0.25) is 5.88 Å². The van der Waals surface area contributed by atoms with E-state index in [2.05, 4.69) is 20.5 Å². The first kappa shape index (κ1) is 30.7. The molecule has 0 saturated heterocycles. The van der Waals surface area contributed by atoms with Gasteiger partial charge in [-0.1, -0.05) is 24.3 Å². The molecule has 2 aromatic carbocycles. The SMILES string of the molecule is CCOC[C@@H](COc1nn(-c2ccccc2)c(NC(=O)NCc2cc(CO)ccc2OC(F)(F)F)c1C)N(C)C. The zero-order valence-corrected chi connectivity index (χ0v) is 22.8. The van der Waals surface area contributed by atoms with Crippen LogP contribution < -0.4 is 20.1 Å². The summed E-state index contributed by atoms with van der Waals surface area (Å²) in [5.74, 6) is 0.147. The van der Waals surface area contributed by atoms with E-state index in [0.29, 0.717) is 41.7 Å². The fraction of sp³-hybridized carbons (Fsp3) is 0.407. The summed E-state index contributed by atoms with van der Waals surface area (Å²) < 4.78 is 55.7.